The standard InChI is InChI=1S/C15H17OP/c1-12(2)16-13-8-10-15(11-9-13)17-14-6-4-3-5-7-14/h3-12,17H,1-2H3. The lowest BCUT2D eigenvalue weighted by molar-refractivity contribution is 0.242. The van der Waals surface area contributed by atoms with E-state index in [-0.39, 0.29) is 6.10 Å². The number of hydrogen-bond donors (Lipinski definition) is 0. The summed E-state index contributed by atoms with van der Waals surface area (Å²) >= 11 is 0. The highest BCUT2D eigenvalue weighted by molar-refractivity contribution is 7.55. The SMILES string of the molecule is CC(C)Oc1ccc(Pc2ccccc2)cc1. The molecular formula is C15H17OP. The molecule has 0 N–H and O–H groups in total. The Morgan fingerprint density at radius 2 is 1.41 bits per heavy atom. The summed E-state index contributed by atoms with van der Waals surface area (Å²) in [5.41, 5.74) is 0. The van der Waals surface area contributed by atoms with Crippen molar-refractivity contribution in [3.05, 3.63) is 54.6 Å². The summed E-state index contributed by atoms with van der Waals surface area (Å²) < 4.78 is 5.62. The molecule has 0 aliphatic carbocycles. The van der Waals surface area contributed by atoms with Crippen molar-refractivity contribution in [2.45, 2.75) is 20.0 Å². The molecule has 0 spiro atoms. The van der Waals surface area contributed by atoms with Crippen LogP contribution >= 0.6 is 8.58 Å². The molecule has 17 heavy (non-hydrogen) atoms. The van der Waals surface area contributed by atoms with Crippen molar-refractivity contribution in [2.24, 2.45) is 0 Å². The molecular weight excluding hydrogens is 227 g/mol. The zero-order chi connectivity index (χ0) is 12.1. The normalized spacial score (nSPS) is 11.2. The van der Waals surface area contributed by atoms with Gasteiger partial charge in [0, 0.05) is 0 Å². The zero-order valence-electron chi connectivity index (χ0n) is 10.2. The third kappa shape index (κ3) is 3.87. The van der Waals surface area contributed by atoms with Crippen LogP contribution in [-0.2, 0) is 0 Å². The molecule has 0 saturated heterocycles. The Kier molecular flexibility index (Phi) is 4.17. The summed E-state index contributed by atoms with van der Waals surface area (Å²) in [4.78, 5) is 0. The zero-order valence-corrected chi connectivity index (χ0v) is 11.2. The second-order valence-corrected chi connectivity index (χ2v) is 5.59. The van der Waals surface area contributed by atoms with Crippen LogP contribution in [0, 0.1) is 0 Å². The predicted molar refractivity (Wildman–Crippen MR) is 76.2 cm³/mol. The van der Waals surface area contributed by atoms with Gasteiger partial charge in [-0.05, 0) is 36.6 Å². The fourth-order valence-corrected chi connectivity index (χ4v) is 2.60. The van der Waals surface area contributed by atoms with Crippen molar-refractivity contribution in [1.82, 2.24) is 0 Å². The van der Waals surface area contributed by atoms with Gasteiger partial charge in [-0.15, -0.1) is 0 Å². The van der Waals surface area contributed by atoms with Crippen molar-refractivity contribution < 1.29 is 4.74 Å². The minimum Gasteiger partial charge on any atom is -0.491 e. The van der Waals surface area contributed by atoms with Crippen LogP contribution in [0.2, 0.25) is 0 Å². The molecule has 0 aliphatic rings. The molecule has 0 saturated carbocycles. The van der Waals surface area contributed by atoms with Gasteiger partial charge < -0.3 is 4.74 Å². The number of hydrogen-bond acceptors (Lipinski definition) is 1. The van der Waals surface area contributed by atoms with Crippen LogP contribution in [-0.4, -0.2) is 6.10 Å². The van der Waals surface area contributed by atoms with Crippen molar-refractivity contribution >= 4 is 19.2 Å². The smallest absolute Gasteiger partial charge is 0.119 e. The number of benzene rings is 2. The van der Waals surface area contributed by atoms with Gasteiger partial charge in [-0.2, -0.15) is 0 Å². The van der Waals surface area contributed by atoms with Crippen molar-refractivity contribution in [2.75, 3.05) is 0 Å². The van der Waals surface area contributed by atoms with Crippen molar-refractivity contribution in [3.63, 3.8) is 0 Å². The van der Waals surface area contributed by atoms with E-state index in [0.29, 0.717) is 8.58 Å². The van der Waals surface area contributed by atoms with E-state index < -0.39 is 0 Å². The fourth-order valence-electron chi connectivity index (χ4n) is 1.58. The Hall–Kier alpha value is -1.33. The lowest BCUT2D eigenvalue weighted by Crippen LogP contribution is -2.07. The van der Waals surface area contributed by atoms with E-state index in [1.807, 2.05) is 32.0 Å². The lowest BCUT2D eigenvalue weighted by Gasteiger charge is -2.10. The van der Waals surface area contributed by atoms with Crippen LogP contribution in [0.1, 0.15) is 13.8 Å². The van der Waals surface area contributed by atoms with E-state index in [1.165, 1.54) is 10.6 Å². The second-order valence-electron chi connectivity index (χ2n) is 4.18. The fraction of sp³-hybridized carbons (Fsp3) is 0.200. The van der Waals surface area contributed by atoms with Gasteiger partial charge in [-0.3, -0.25) is 0 Å². The van der Waals surface area contributed by atoms with Gasteiger partial charge in [0.2, 0.25) is 0 Å². The van der Waals surface area contributed by atoms with Crippen molar-refractivity contribution in [1.29, 1.82) is 0 Å². The van der Waals surface area contributed by atoms with Crippen LogP contribution in [0.5, 0.6) is 5.75 Å². The molecule has 1 unspecified atom stereocenters. The van der Waals surface area contributed by atoms with E-state index in [2.05, 4.69) is 36.4 Å². The quantitative estimate of drug-likeness (QED) is 0.751. The molecule has 88 valence electrons. The first-order valence-electron chi connectivity index (χ1n) is 5.83. The van der Waals surface area contributed by atoms with Gasteiger partial charge >= 0.3 is 0 Å². The summed E-state index contributed by atoms with van der Waals surface area (Å²) in [7, 11) is 0.713. The molecule has 2 aromatic carbocycles. The molecule has 0 aromatic heterocycles. The maximum absolute atomic E-state index is 5.62. The molecule has 0 fully saturated rings. The summed E-state index contributed by atoms with van der Waals surface area (Å²) in [6.45, 7) is 4.08. The Labute approximate surface area is 105 Å². The average Bonchev–Trinajstić information content (AvgIpc) is 2.32. The maximum Gasteiger partial charge on any atom is 0.119 e. The van der Waals surface area contributed by atoms with E-state index in [9.17, 15) is 0 Å². The monoisotopic (exact) mass is 244 g/mol. The highest BCUT2D eigenvalue weighted by Crippen LogP contribution is 2.15. The summed E-state index contributed by atoms with van der Waals surface area (Å²) in [5.74, 6) is 0.946. The number of ether oxygens (including phenoxy) is 1. The minimum atomic E-state index is 0.234. The molecule has 0 amide bonds. The van der Waals surface area contributed by atoms with Crippen LogP contribution in [0.3, 0.4) is 0 Å². The van der Waals surface area contributed by atoms with Crippen LogP contribution in [0.15, 0.2) is 54.6 Å². The van der Waals surface area contributed by atoms with E-state index in [4.69, 9.17) is 4.74 Å². The number of rotatable bonds is 4. The first-order valence-corrected chi connectivity index (χ1v) is 6.83. The van der Waals surface area contributed by atoms with Crippen LogP contribution in [0.25, 0.3) is 0 Å². The molecule has 2 aromatic rings. The lowest BCUT2D eigenvalue weighted by atomic mass is 10.3. The second kappa shape index (κ2) is 5.84. The van der Waals surface area contributed by atoms with Gasteiger partial charge in [0.15, 0.2) is 0 Å². The molecule has 2 heteroatoms. The van der Waals surface area contributed by atoms with Gasteiger partial charge in [0.1, 0.15) is 5.75 Å². The summed E-state index contributed by atoms with van der Waals surface area (Å²) in [5, 5.41) is 2.71. The van der Waals surface area contributed by atoms with E-state index >= 15 is 0 Å². The Balaban J connectivity index is 2.03. The molecule has 0 radical (unpaired) electrons. The minimum absolute atomic E-state index is 0.234. The molecule has 1 nitrogen and oxygen atoms in total. The van der Waals surface area contributed by atoms with Gasteiger partial charge in [0.05, 0.1) is 6.10 Å². The topological polar surface area (TPSA) is 9.23 Å². The third-order valence-electron chi connectivity index (χ3n) is 2.29. The highest BCUT2D eigenvalue weighted by Gasteiger charge is 1.99. The third-order valence-corrected chi connectivity index (χ3v) is 3.53. The first-order chi connectivity index (χ1) is 8.24. The molecule has 1 atom stereocenters. The highest BCUT2D eigenvalue weighted by atomic mass is 31.1. The van der Waals surface area contributed by atoms with Gasteiger partial charge in [-0.1, -0.05) is 51.0 Å². The van der Waals surface area contributed by atoms with Crippen LogP contribution < -0.4 is 15.3 Å². The summed E-state index contributed by atoms with van der Waals surface area (Å²) in [6, 6.07) is 18.9. The van der Waals surface area contributed by atoms with Gasteiger partial charge in [-0.25, -0.2) is 0 Å². The van der Waals surface area contributed by atoms with Gasteiger partial charge in [0.25, 0.3) is 0 Å². The largest absolute Gasteiger partial charge is 0.491 e. The summed E-state index contributed by atoms with van der Waals surface area (Å²) in [6.07, 6.45) is 0.234. The molecule has 0 aliphatic heterocycles. The Bertz CT molecular complexity index is 448. The Morgan fingerprint density at radius 1 is 0.824 bits per heavy atom. The van der Waals surface area contributed by atoms with Crippen LogP contribution in [0.4, 0.5) is 0 Å². The van der Waals surface area contributed by atoms with E-state index in [1.54, 1.807) is 0 Å². The van der Waals surface area contributed by atoms with E-state index in [0.717, 1.165) is 5.75 Å². The Morgan fingerprint density at radius 3 is 2.00 bits per heavy atom. The first kappa shape index (κ1) is 12.1. The molecule has 0 heterocycles. The van der Waals surface area contributed by atoms with Crippen molar-refractivity contribution in [3.8, 4) is 5.75 Å². The molecule has 0 bridgehead atoms. The molecule has 2 rings (SSSR count). The maximum atomic E-state index is 5.62. The predicted octanol–water partition coefficient (Wildman–Crippen LogP) is 3.10. The average molecular weight is 244 g/mol.